The van der Waals surface area contributed by atoms with Crippen molar-refractivity contribution in [2.24, 2.45) is 11.8 Å². The van der Waals surface area contributed by atoms with Crippen molar-refractivity contribution in [2.75, 3.05) is 30.4 Å². The molecule has 1 aromatic heterocycles. The molecule has 3 atom stereocenters. The third-order valence-corrected chi connectivity index (χ3v) is 7.41. The Morgan fingerprint density at radius 1 is 1.21 bits per heavy atom. The summed E-state index contributed by atoms with van der Waals surface area (Å²) in [5.41, 5.74) is -0.132. The topological polar surface area (TPSA) is 80.0 Å². The molecule has 1 aliphatic heterocycles. The van der Waals surface area contributed by atoms with E-state index in [1.54, 1.807) is 7.11 Å². The lowest BCUT2D eigenvalue weighted by atomic mass is 9.91. The summed E-state index contributed by atoms with van der Waals surface area (Å²) < 4.78 is 46.5. The normalized spacial score (nSPS) is 26.0. The molecule has 3 fully saturated rings. The number of anilines is 2. The Balaban J connectivity index is 1.27. The first-order valence-electron chi connectivity index (χ1n) is 11.7. The zero-order valence-electron chi connectivity index (χ0n) is 19.2. The maximum atomic E-state index is 14.7. The van der Waals surface area contributed by atoms with E-state index in [0.29, 0.717) is 43.1 Å². The fourth-order valence-electron chi connectivity index (χ4n) is 5.11. The number of nitrogens with zero attached hydrogens (tertiary/aromatic N) is 2. The highest BCUT2D eigenvalue weighted by atomic mass is 19.1. The summed E-state index contributed by atoms with van der Waals surface area (Å²) in [4.78, 5) is 6.37. The lowest BCUT2D eigenvalue weighted by molar-refractivity contribution is -0.0379. The average molecular weight is 464 g/mol. The van der Waals surface area contributed by atoms with Crippen LogP contribution in [0.1, 0.15) is 57.2 Å². The molecule has 3 unspecified atom stereocenters. The van der Waals surface area contributed by atoms with Crippen molar-refractivity contribution in [3.05, 3.63) is 35.2 Å². The molecule has 2 heterocycles. The molecule has 0 radical (unpaired) electrons. The molecule has 2 aliphatic carbocycles. The fourth-order valence-corrected chi connectivity index (χ4v) is 5.11. The molecule has 0 amide bonds. The van der Waals surface area contributed by atoms with E-state index in [4.69, 9.17) is 13.9 Å². The van der Waals surface area contributed by atoms with Crippen molar-refractivity contribution < 1.29 is 27.8 Å². The van der Waals surface area contributed by atoms with E-state index in [1.807, 2.05) is 11.8 Å². The predicted octanol–water partition coefficient (Wildman–Crippen LogP) is 4.41. The van der Waals surface area contributed by atoms with Crippen LogP contribution in [0, 0.1) is 23.5 Å². The van der Waals surface area contributed by atoms with Gasteiger partial charge in [0.2, 0.25) is 0 Å². The van der Waals surface area contributed by atoms with Crippen molar-refractivity contribution in [3.8, 4) is 5.75 Å². The van der Waals surface area contributed by atoms with Gasteiger partial charge in [-0.3, -0.25) is 0 Å². The van der Waals surface area contributed by atoms with Crippen LogP contribution in [0.15, 0.2) is 16.5 Å². The summed E-state index contributed by atoms with van der Waals surface area (Å²) in [5, 5.41) is 13.3. The van der Waals surface area contributed by atoms with Crippen LogP contribution in [-0.4, -0.2) is 42.0 Å². The van der Waals surface area contributed by atoms with E-state index in [-0.39, 0.29) is 28.8 Å². The predicted molar refractivity (Wildman–Crippen MR) is 118 cm³/mol. The van der Waals surface area contributed by atoms with Gasteiger partial charge in [-0.1, -0.05) is 13.8 Å². The first kappa shape index (κ1) is 22.4. The van der Waals surface area contributed by atoms with E-state index in [1.165, 1.54) is 6.42 Å². The summed E-state index contributed by atoms with van der Waals surface area (Å²) in [6.45, 7) is 5.21. The number of aromatic nitrogens is 1. The number of rotatable bonds is 9. The largest absolute Gasteiger partial charge is 0.487 e. The summed E-state index contributed by atoms with van der Waals surface area (Å²) in [5.74, 6) is 0.390. The molecule has 0 bridgehead atoms. The van der Waals surface area contributed by atoms with Crippen molar-refractivity contribution in [1.29, 1.82) is 0 Å². The number of fused-ring (bicyclic) bond motifs is 1. The minimum atomic E-state index is -1.36. The Kier molecular flexibility index (Phi) is 5.73. The zero-order valence-corrected chi connectivity index (χ0v) is 19.2. The number of aliphatic hydroxyl groups excluding tert-OH is 1. The quantitative estimate of drug-likeness (QED) is 0.533. The molecule has 2 N–H and O–H groups in total. The molecular weight excluding hydrogens is 432 g/mol. The molecule has 1 saturated heterocycles. The molecule has 5 rings (SSSR count). The number of hydrogen-bond donors (Lipinski definition) is 2. The summed E-state index contributed by atoms with van der Waals surface area (Å²) >= 11 is 0. The maximum Gasteiger partial charge on any atom is 0.298 e. The second kappa shape index (κ2) is 8.43. The number of aryl methyl sites for hydroxylation is 1. The molecule has 1 aromatic carbocycles. The molecule has 3 aliphatic rings. The number of methoxy groups -OCH3 is 1. The SMILES string of the molecule is CCc1oc(N2CC(CC)(OC)C2)nc1C(O)Nc1cc(F)c(OC2CC3CC3C2)cc1F. The number of nitrogens with one attached hydrogen (secondary N) is 1. The maximum absolute atomic E-state index is 14.7. The molecule has 33 heavy (non-hydrogen) atoms. The minimum Gasteiger partial charge on any atom is -0.487 e. The van der Waals surface area contributed by atoms with Gasteiger partial charge in [0.05, 0.1) is 24.9 Å². The number of aliphatic hydroxyl groups is 1. The smallest absolute Gasteiger partial charge is 0.298 e. The van der Waals surface area contributed by atoms with Gasteiger partial charge in [0.1, 0.15) is 22.9 Å². The highest BCUT2D eigenvalue weighted by Gasteiger charge is 2.47. The van der Waals surface area contributed by atoms with Gasteiger partial charge >= 0.3 is 0 Å². The van der Waals surface area contributed by atoms with Crippen LogP contribution in [0.2, 0.25) is 0 Å². The Morgan fingerprint density at radius 2 is 1.94 bits per heavy atom. The summed E-state index contributed by atoms with van der Waals surface area (Å²) in [6, 6.07) is 2.44. The van der Waals surface area contributed by atoms with Gasteiger partial charge in [-0.05, 0) is 37.5 Å². The molecule has 0 spiro atoms. The monoisotopic (exact) mass is 463 g/mol. The molecule has 2 saturated carbocycles. The summed E-state index contributed by atoms with van der Waals surface area (Å²) in [6.07, 6.45) is 2.97. The second-order valence-corrected chi connectivity index (χ2v) is 9.53. The van der Waals surface area contributed by atoms with Crippen molar-refractivity contribution >= 4 is 11.7 Å². The second-order valence-electron chi connectivity index (χ2n) is 9.53. The van der Waals surface area contributed by atoms with Crippen LogP contribution in [0.5, 0.6) is 5.75 Å². The van der Waals surface area contributed by atoms with E-state index in [0.717, 1.165) is 31.4 Å². The lowest BCUT2D eigenvalue weighted by Crippen LogP contribution is -2.62. The van der Waals surface area contributed by atoms with Crippen molar-refractivity contribution in [1.82, 2.24) is 4.98 Å². The van der Waals surface area contributed by atoms with Gasteiger partial charge in [-0.2, -0.15) is 4.98 Å². The molecule has 180 valence electrons. The molecule has 2 aromatic rings. The Bertz CT molecular complexity index is 1010. The molecule has 7 nitrogen and oxygen atoms in total. The van der Waals surface area contributed by atoms with Gasteiger partial charge in [0.25, 0.3) is 6.01 Å². The standard InChI is InChI=1S/C24H31F2N3O4/c1-4-19-21(28-23(33-19)29-11-24(5-2,12-29)31-3)22(30)27-18-9-17(26)20(10-16(18)25)32-15-7-13-6-14(13)8-15/h9-10,13-15,22,27,30H,4-8,11-12H2,1-3H3. The van der Waals surface area contributed by atoms with Crippen LogP contribution in [-0.2, 0) is 11.2 Å². The Hall–Kier alpha value is -2.39. The number of hydrogen-bond acceptors (Lipinski definition) is 7. The van der Waals surface area contributed by atoms with E-state index < -0.39 is 17.9 Å². The molecular formula is C24H31F2N3O4. The zero-order chi connectivity index (χ0) is 23.3. The fraction of sp³-hybridized carbons (Fsp3) is 0.625. The summed E-state index contributed by atoms with van der Waals surface area (Å²) in [7, 11) is 1.69. The number of oxazole rings is 1. The van der Waals surface area contributed by atoms with Gasteiger partial charge in [-0.15, -0.1) is 0 Å². The van der Waals surface area contributed by atoms with Crippen LogP contribution < -0.4 is 15.0 Å². The van der Waals surface area contributed by atoms with Gasteiger partial charge in [0.15, 0.2) is 17.8 Å². The van der Waals surface area contributed by atoms with Crippen molar-refractivity contribution in [2.45, 2.75) is 63.9 Å². The number of benzene rings is 1. The highest BCUT2D eigenvalue weighted by molar-refractivity contribution is 5.50. The molecule has 9 heteroatoms. The average Bonchev–Trinajstić information content (AvgIpc) is 3.18. The van der Waals surface area contributed by atoms with Crippen molar-refractivity contribution in [3.63, 3.8) is 0 Å². The third-order valence-electron chi connectivity index (χ3n) is 7.41. The number of halogens is 2. The first-order valence-corrected chi connectivity index (χ1v) is 11.7. The Labute approximate surface area is 192 Å². The van der Waals surface area contributed by atoms with E-state index in [2.05, 4.69) is 17.2 Å². The highest BCUT2D eigenvalue weighted by Crippen LogP contribution is 2.52. The van der Waals surface area contributed by atoms with Crippen LogP contribution >= 0.6 is 0 Å². The van der Waals surface area contributed by atoms with Gasteiger partial charge < -0.3 is 29.2 Å². The Morgan fingerprint density at radius 3 is 2.58 bits per heavy atom. The van der Waals surface area contributed by atoms with Crippen LogP contribution in [0.3, 0.4) is 0 Å². The minimum absolute atomic E-state index is 0.0567. The lowest BCUT2D eigenvalue weighted by Gasteiger charge is -2.47. The van der Waals surface area contributed by atoms with Gasteiger partial charge in [0, 0.05) is 25.7 Å². The number of ether oxygens (including phenoxy) is 2. The van der Waals surface area contributed by atoms with Crippen LogP contribution in [0.4, 0.5) is 20.5 Å². The first-order chi connectivity index (χ1) is 15.8. The third kappa shape index (κ3) is 4.17. The van der Waals surface area contributed by atoms with Gasteiger partial charge in [-0.25, -0.2) is 8.78 Å². The van der Waals surface area contributed by atoms with E-state index >= 15 is 0 Å². The van der Waals surface area contributed by atoms with Crippen LogP contribution in [0.25, 0.3) is 0 Å². The van der Waals surface area contributed by atoms with E-state index in [9.17, 15) is 13.9 Å².